The van der Waals surface area contributed by atoms with E-state index in [0.717, 1.165) is 0 Å². The minimum atomic E-state index is 0.127. The SMILES string of the molecule is CC(C)CC(=O)NCC(c1ccccc1)c1ccccc1. The maximum absolute atomic E-state index is 11.9. The highest BCUT2D eigenvalue weighted by Crippen LogP contribution is 2.23. The van der Waals surface area contributed by atoms with E-state index in [1.165, 1.54) is 11.1 Å². The summed E-state index contributed by atoms with van der Waals surface area (Å²) < 4.78 is 0. The Morgan fingerprint density at radius 2 is 1.38 bits per heavy atom. The number of benzene rings is 2. The zero-order chi connectivity index (χ0) is 15.1. The lowest BCUT2D eigenvalue weighted by Gasteiger charge is -2.19. The number of carbonyl (C=O) groups is 1. The Hall–Kier alpha value is -2.09. The van der Waals surface area contributed by atoms with Crippen molar-refractivity contribution in [2.24, 2.45) is 5.92 Å². The molecular weight excluding hydrogens is 258 g/mol. The predicted molar refractivity (Wildman–Crippen MR) is 87.2 cm³/mol. The Morgan fingerprint density at radius 3 is 1.81 bits per heavy atom. The van der Waals surface area contributed by atoms with E-state index in [9.17, 15) is 4.79 Å². The van der Waals surface area contributed by atoms with Gasteiger partial charge < -0.3 is 5.32 Å². The molecule has 0 spiro atoms. The van der Waals surface area contributed by atoms with Crippen molar-refractivity contribution in [2.75, 3.05) is 6.54 Å². The van der Waals surface area contributed by atoms with Crippen molar-refractivity contribution in [1.29, 1.82) is 0 Å². The Labute approximate surface area is 127 Å². The van der Waals surface area contributed by atoms with Crippen molar-refractivity contribution in [2.45, 2.75) is 26.2 Å². The Morgan fingerprint density at radius 1 is 0.905 bits per heavy atom. The molecule has 0 bridgehead atoms. The summed E-state index contributed by atoms with van der Waals surface area (Å²) in [5.74, 6) is 0.710. The van der Waals surface area contributed by atoms with E-state index in [1.807, 2.05) is 36.4 Å². The van der Waals surface area contributed by atoms with E-state index in [0.29, 0.717) is 18.9 Å². The van der Waals surface area contributed by atoms with Crippen LogP contribution in [0.3, 0.4) is 0 Å². The Bertz CT molecular complexity index is 509. The summed E-state index contributed by atoms with van der Waals surface area (Å²) in [5.41, 5.74) is 2.46. The fourth-order valence-electron chi connectivity index (χ4n) is 2.46. The average molecular weight is 281 g/mol. The second-order valence-corrected chi connectivity index (χ2v) is 5.78. The van der Waals surface area contributed by atoms with Crippen molar-refractivity contribution >= 4 is 5.91 Å². The molecule has 2 nitrogen and oxygen atoms in total. The molecule has 0 aliphatic rings. The van der Waals surface area contributed by atoms with Crippen molar-refractivity contribution < 1.29 is 4.79 Å². The third kappa shape index (κ3) is 4.75. The van der Waals surface area contributed by atoms with Crippen LogP contribution in [0.4, 0.5) is 0 Å². The highest BCUT2D eigenvalue weighted by molar-refractivity contribution is 5.76. The number of hydrogen-bond acceptors (Lipinski definition) is 1. The Kier molecular flexibility index (Phi) is 5.56. The molecule has 0 saturated heterocycles. The fourth-order valence-corrected chi connectivity index (χ4v) is 2.46. The summed E-state index contributed by atoms with van der Waals surface area (Å²) in [4.78, 5) is 11.9. The second-order valence-electron chi connectivity index (χ2n) is 5.78. The molecular formula is C19H23NO. The number of carbonyl (C=O) groups excluding carboxylic acids is 1. The molecule has 0 aromatic heterocycles. The quantitative estimate of drug-likeness (QED) is 0.852. The van der Waals surface area contributed by atoms with Gasteiger partial charge in [-0.25, -0.2) is 0 Å². The molecule has 0 fully saturated rings. The molecule has 2 aromatic carbocycles. The van der Waals surface area contributed by atoms with Gasteiger partial charge in [0.25, 0.3) is 0 Å². The maximum atomic E-state index is 11.9. The minimum Gasteiger partial charge on any atom is -0.355 e. The van der Waals surface area contributed by atoms with Gasteiger partial charge in [0.05, 0.1) is 0 Å². The Balaban J connectivity index is 2.12. The average Bonchev–Trinajstić information content (AvgIpc) is 2.49. The molecule has 0 aliphatic heterocycles. The third-order valence-electron chi connectivity index (χ3n) is 3.50. The van der Waals surface area contributed by atoms with Crippen LogP contribution in [0.5, 0.6) is 0 Å². The van der Waals surface area contributed by atoms with Crippen LogP contribution in [0.15, 0.2) is 60.7 Å². The molecule has 110 valence electrons. The summed E-state index contributed by atoms with van der Waals surface area (Å²) >= 11 is 0. The molecule has 0 unspecified atom stereocenters. The van der Waals surface area contributed by atoms with Gasteiger partial charge in [-0.3, -0.25) is 4.79 Å². The minimum absolute atomic E-state index is 0.127. The molecule has 0 radical (unpaired) electrons. The summed E-state index contributed by atoms with van der Waals surface area (Å²) in [7, 11) is 0. The van der Waals surface area contributed by atoms with Crippen LogP contribution in [0.25, 0.3) is 0 Å². The number of amides is 1. The van der Waals surface area contributed by atoms with E-state index in [1.54, 1.807) is 0 Å². The zero-order valence-corrected chi connectivity index (χ0v) is 12.8. The third-order valence-corrected chi connectivity index (χ3v) is 3.50. The van der Waals surface area contributed by atoms with Gasteiger partial charge in [-0.2, -0.15) is 0 Å². The molecule has 2 rings (SSSR count). The summed E-state index contributed by atoms with van der Waals surface area (Å²) in [5, 5.41) is 3.07. The van der Waals surface area contributed by atoms with E-state index >= 15 is 0 Å². The molecule has 21 heavy (non-hydrogen) atoms. The first-order chi connectivity index (χ1) is 10.2. The summed E-state index contributed by atoms with van der Waals surface area (Å²) in [6, 6.07) is 20.7. The lowest BCUT2D eigenvalue weighted by atomic mass is 9.91. The molecule has 2 aromatic rings. The maximum Gasteiger partial charge on any atom is 0.220 e. The van der Waals surface area contributed by atoms with E-state index < -0.39 is 0 Å². The van der Waals surface area contributed by atoms with Crippen LogP contribution in [-0.4, -0.2) is 12.5 Å². The van der Waals surface area contributed by atoms with Gasteiger partial charge >= 0.3 is 0 Å². The van der Waals surface area contributed by atoms with Crippen molar-refractivity contribution in [3.63, 3.8) is 0 Å². The number of hydrogen-bond donors (Lipinski definition) is 1. The van der Waals surface area contributed by atoms with Gasteiger partial charge in [-0.15, -0.1) is 0 Å². The lowest BCUT2D eigenvalue weighted by molar-refractivity contribution is -0.121. The van der Waals surface area contributed by atoms with Crippen LogP contribution in [0.1, 0.15) is 37.3 Å². The van der Waals surface area contributed by atoms with Crippen LogP contribution in [0, 0.1) is 5.92 Å². The molecule has 0 heterocycles. The fraction of sp³-hybridized carbons (Fsp3) is 0.316. The monoisotopic (exact) mass is 281 g/mol. The van der Waals surface area contributed by atoms with Gasteiger partial charge in [0.15, 0.2) is 0 Å². The van der Waals surface area contributed by atoms with Gasteiger partial charge in [0.1, 0.15) is 0 Å². The molecule has 1 amide bonds. The standard InChI is InChI=1S/C19H23NO/c1-15(2)13-19(21)20-14-18(16-9-5-3-6-10-16)17-11-7-4-8-12-17/h3-12,15,18H,13-14H2,1-2H3,(H,20,21). The molecule has 2 heteroatoms. The second kappa shape index (κ2) is 7.63. The summed E-state index contributed by atoms with van der Waals surface area (Å²) in [6.45, 7) is 4.76. The van der Waals surface area contributed by atoms with E-state index in [-0.39, 0.29) is 11.8 Å². The first-order valence-corrected chi connectivity index (χ1v) is 7.53. The first-order valence-electron chi connectivity index (χ1n) is 7.53. The smallest absolute Gasteiger partial charge is 0.220 e. The predicted octanol–water partition coefficient (Wildman–Crippen LogP) is 3.98. The zero-order valence-electron chi connectivity index (χ0n) is 12.8. The van der Waals surface area contributed by atoms with Gasteiger partial charge in [-0.1, -0.05) is 74.5 Å². The number of nitrogens with one attached hydrogen (secondary N) is 1. The molecule has 0 saturated carbocycles. The topological polar surface area (TPSA) is 29.1 Å². The van der Waals surface area contributed by atoms with Gasteiger partial charge in [0.2, 0.25) is 5.91 Å². The molecule has 0 aliphatic carbocycles. The summed E-state index contributed by atoms with van der Waals surface area (Å²) in [6.07, 6.45) is 0.580. The number of rotatable bonds is 6. The van der Waals surface area contributed by atoms with Crippen molar-refractivity contribution in [3.8, 4) is 0 Å². The van der Waals surface area contributed by atoms with E-state index in [4.69, 9.17) is 0 Å². The van der Waals surface area contributed by atoms with E-state index in [2.05, 4.69) is 43.4 Å². The normalized spacial score (nSPS) is 10.9. The first kappa shape index (κ1) is 15.3. The molecule has 1 N–H and O–H groups in total. The molecule has 0 atom stereocenters. The highest BCUT2D eigenvalue weighted by Gasteiger charge is 2.15. The highest BCUT2D eigenvalue weighted by atomic mass is 16.1. The van der Waals surface area contributed by atoms with Gasteiger partial charge in [0, 0.05) is 18.9 Å². The van der Waals surface area contributed by atoms with Gasteiger partial charge in [-0.05, 0) is 17.0 Å². The lowest BCUT2D eigenvalue weighted by Crippen LogP contribution is -2.29. The van der Waals surface area contributed by atoms with Crippen LogP contribution < -0.4 is 5.32 Å². The van der Waals surface area contributed by atoms with Crippen LogP contribution in [0.2, 0.25) is 0 Å². The van der Waals surface area contributed by atoms with Crippen LogP contribution >= 0.6 is 0 Å². The largest absolute Gasteiger partial charge is 0.355 e. The van der Waals surface area contributed by atoms with Crippen LogP contribution in [-0.2, 0) is 4.79 Å². The van der Waals surface area contributed by atoms with Crippen molar-refractivity contribution in [1.82, 2.24) is 5.32 Å². The van der Waals surface area contributed by atoms with Crippen molar-refractivity contribution in [3.05, 3.63) is 71.8 Å².